The lowest BCUT2D eigenvalue weighted by atomic mass is 10.1. The van der Waals surface area contributed by atoms with Gasteiger partial charge in [-0.25, -0.2) is 0 Å². The summed E-state index contributed by atoms with van der Waals surface area (Å²) >= 11 is 6.02. The SMILES string of the molecule is Cc1cccc(OCCC(=O)N2CCC(Cl)CC2)c1. The van der Waals surface area contributed by atoms with E-state index in [1.54, 1.807) is 0 Å². The molecule has 0 bridgehead atoms. The van der Waals surface area contributed by atoms with Crippen molar-refractivity contribution in [2.45, 2.75) is 31.6 Å². The van der Waals surface area contributed by atoms with Crippen LogP contribution in [0.4, 0.5) is 0 Å². The predicted octanol–water partition coefficient (Wildman–Crippen LogP) is 2.99. The highest BCUT2D eigenvalue weighted by molar-refractivity contribution is 6.20. The topological polar surface area (TPSA) is 29.5 Å². The Morgan fingerprint density at radius 2 is 2.16 bits per heavy atom. The van der Waals surface area contributed by atoms with Gasteiger partial charge in [0.05, 0.1) is 13.0 Å². The number of carbonyl (C=O) groups is 1. The van der Waals surface area contributed by atoms with E-state index in [4.69, 9.17) is 16.3 Å². The lowest BCUT2D eigenvalue weighted by Crippen LogP contribution is -2.39. The molecule has 1 amide bonds. The van der Waals surface area contributed by atoms with Crippen LogP contribution in [0.5, 0.6) is 5.75 Å². The number of ether oxygens (including phenoxy) is 1. The summed E-state index contributed by atoms with van der Waals surface area (Å²) in [6.07, 6.45) is 2.22. The van der Waals surface area contributed by atoms with Crippen molar-refractivity contribution in [3.63, 3.8) is 0 Å². The third-order valence-electron chi connectivity index (χ3n) is 3.35. The average Bonchev–Trinajstić information content (AvgIpc) is 2.39. The summed E-state index contributed by atoms with van der Waals surface area (Å²) < 4.78 is 5.60. The van der Waals surface area contributed by atoms with E-state index < -0.39 is 0 Å². The van der Waals surface area contributed by atoms with E-state index in [0.717, 1.165) is 37.2 Å². The van der Waals surface area contributed by atoms with Gasteiger partial charge in [0.15, 0.2) is 0 Å². The van der Waals surface area contributed by atoms with Gasteiger partial charge in [0, 0.05) is 18.5 Å². The van der Waals surface area contributed by atoms with Crippen LogP contribution < -0.4 is 4.74 Å². The second-order valence-corrected chi connectivity index (χ2v) is 5.59. The minimum atomic E-state index is 0.163. The zero-order valence-electron chi connectivity index (χ0n) is 11.3. The molecule has 4 heteroatoms. The molecule has 0 aliphatic carbocycles. The summed E-state index contributed by atoms with van der Waals surface area (Å²) in [6, 6.07) is 7.87. The molecule has 0 aromatic heterocycles. The van der Waals surface area contributed by atoms with E-state index in [1.807, 2.05) is 36.1 Å². The number of nitrogens with zero attached hydrogens (tertiary/aromatic N) is 1. The molecule has 0 saturated carbocycles. The Hall–Kier alpha value is -1.22. The van der Waals surface area contributed by atoms with E-state index >= 15 is 0 Å². The Kier molecular flexibility index (Phi) is 5.08. The van der Waals surface area contributed by atoms with Gasteiger partial charge in [-0.3, -0.25) is 4.79 Å². The second kappa shape index (κ2) is 6.80. The van der Waals surface area contributed by atoms with Crippen molar-refractivity contribution >= 4 is 17.5 Å². The number of likely N-dealkylation sites (tertiary alicyclic amines) is 1. The summed E-state index contributed by atoms with van der Waals surface area (Å²) in [5.41, 5.74) is 1.16. The molecule has 0 unspecified atom stereocenters. The van der Waals surface area contributed by atoms with Crippen LogP contribution in [0.2, 0.25) is 0 Å². The first-order valence-corrected chi connectivity index (χ1v) is 7.20. The summed E-state index contributed by atoms with van der Waals surface area (Å²) in [5.74, 6) is 0.989. The Morgan fingerprint density at radius 3 is 2.84 bits per heavy atom. The third-order valence-corrected chi connectivity index (χ3v) is 3.79. The molecular formula is C15H20ClNO2. The van der Waals surface area contributed by atoms with Crippen molar-refractivity contribution in [3.8, 4) is 5.75 Å². The van der Waals surface area contributed by atoms with Crippen molar-refractivity contribution in [2.75, 3.05) is 19.7 Å². The van der Waals surface area contributed by atoms with Crippen LogP contribution in [-0.2, 0) is 4.79 Å². The van der Waals surface area contributed by atoms with Crippen LogP contribution in [0.15, 0.2) is 24.3 Å². The first-order valence-electron chi connectivity index (χ1n) is 6.76. The molecule has 1 aliphatic heterocycles. The van der Waals surface area contributed by atoms with Crippen LogP contribution in [0.3, 0.4) is 0 Å². The molecule has 0 spiro atoms. The Morgan fingerprint density at radius 1 is 1.42 bits per heavy atom. The molecule has 1 saturated heterocycles. The number of aryl methyl sites for hydroxylation is 1. The summed E-state index contributed by atoms with van der Waals surface area (Å²) in [4.78, 5) is 13.9. The molecular weight excluding hydrogens is 262 g/mol. The van der Waals surface area contributed by atoms with Gasteiger partial charge in [-0.05, 0) is 37.5 Å². The third kappa shape index (κ3) is 4.43. The molecule has 1 fully saturated rings. The van der Waals surface area contributed by atoms with Gasteiger partial charge in [-0.1, -0.05) is 12.1 Å². The highest BCUT2D eigenvalue weighted by Gasteiger charge is 2.20. The van der Waals surface area contributed by atoms with Gasteiger partial charge in [0.2, 0.25) is 5.91 Å². The fourth-order valence-corrected chi connectivity index (χ4v) is 2.41. The lowest BCUT2D eigenvalue weighted by Gasteiger charge is -2.29. The van der Waals surface area contributed by atoms with Gasteiger partial charge in [-0.2, -0.15) is 0 Å². The predicted molar refractivity (Wildman–Crippen MR) is 76.7 cm³/mol. The van der Waals surface area contributed by atoms with E-state index in [2.05, 4.69) is 0 Å². The Bertz CT molecular complexity index is 428. The highest BCUT2D eigenvalue weighted by atomic mass is 35.5. The van der Waals surface area contributed by atoms with E-state index in [-0.39, 0.29) is 11.3 Å². The number of amides is 1. The molecule has 1 aliphatic rings. The minimum absolute atomic E-state index is 0.163. The largest absolute Gasteiger partial charge is 0.493 e. The standard InChI is InChI=1S/C15H20ClNO2/c1-12-3-2-4-14(11-12)19-10-7-15(18)17-8-5-13(16)6-9-17/h2-4,11,13H,5-10H2,1H3. The lowest BCUT2D eigenvalue weighted by molar-refractivity contribution is -0.132. The first-order chi connectivity index (χ1) is 9.15. The zero-order valence-corrected chi connectivity index (χ0v) is 12.0. The first kappa shape index (κ1) is 14.2. The number of benzene rings is 1. The van der Waals surface area contributed by atoms with E-state index in [1.165, 1.54) is 0 Å². The van der Waals surface area contributed by atoms with Crippen LogP contribution in [0.1, 0.15) is 24.8 Å². The summed E-state index contributed by atoms with van der Waals surface area (Å²) in [6.45, 7) is 4.01. The molecule has 2 rings (SSSR count). The molecule has 3 nitrogen and oxygen atoms in total. The molecule has 1 aromatic rings. The van der Waals surface area contributed by atoms with Crippen LogP contribution in [-0.4, -0.2) is 35.9 Å². The minimum Gasteiger partial charge on any atom is -0.493 e. The van der Waals surface area contributed by atoms with Crippen molar-refractivity contribution in [1.29, 1.82) is 0 Å². The fraction of sp³-hybridized carbons (Fsp3) is 0.533. The molecule has 0 atom stereocenters. The van der Waals surface area contributed by atoms with E-state index in [9.17, 15) is 4.79 Å². The molecule has 0 N–H and O–H groups in total. The van der Waals surface area contributed by atoms with Gasteiger partial charge >= 0.3 is 0 Å². The van der Waals surface area contributed by atoms with Gasteiger partial charge in [0.1, 0.15) is 5.75 Å². The number of carbonyl (C=O) groups excluding carboxylic acids is 1. The van der Waals surface area contributed by atoms with Gasteiger partial charge in [-0.15, -0.1) is 11.6 Å². The number of alkyl halides is 1. The molecule has 0 radical (unpaired) electrons. The zero-order chi connectivity index (χ0) is 13.7. The van der Waals surface area contributed by atoms with Crippen LogP contribution in [0.25, 0.3) is 0 Å². The fourth-order valence-electron chi connectivity index (χ4n) is 2.22. The molecule has 1 aromatic carbocycles. The van der Waals surface area contributed by atoms with E-state index in [0.29, 0.717) is 13.0 Å². The Labute approximate surface area is 119 Å². The number of halogens is 1. The van der Waals surface area contributed by atoms with Crippen LogP contribution >= 0.6 is 11.6 Å². The molecule has 104 valence electrons. The average molecular weight is 282 g/mol. The number of hydrogen-bond acceptors (Lipinski definition) is 2. The van der Waals surface area contributed by atoms with Crippen molar-refractivity contribution < 1.29 is 9.53 Å². The van der Waals surface area contributed by atoms with Crippen molar-refractivity contribution in [2.24, 2.45) is 0 Å². The number of piperidine rings is 1. The van der Waals surface area contributed by atoms with Crippen molar-refractivity contribution in [3.05, 3.63) is 29.8 Å². The maximum atomic E-state index is 12.0. The van der Waals surface area contributed by atoms with Crippen LogP contribution in [0, 0.1) is 6.92 Å². The number of rotatable bonds is 4. The molecule has 1 heterocycles. The maximum absolute atomic E-state index is 12.0. The normalized spacial score (nSPS) is 16.4. The maximum Gasteiger partial charge on any atom is 0.225 e. The second-order valence-electron chi connectivity index (χ2n) is 4.97. The van der Waals surface area contributed by atoms with Gasteiger partial charge < -0.3 is 9.64 Å². The quantitative estimate of drug-likeness (QED) is 0.794. The molecule has 19 heavy (non-hydrogen) atoms. The number of hydrogen-bond donors (Lipinski definition) is 0. The van der Waals surface area contributed by atoms with Gasteiger partial charge in [0.25, 0.3) is 0 Å². The highest BCUT2D eigenvalue weighted by Crippen LogP contribution is 2.17. The summed E-state index contributed by atoms with van der Waals surface area (Å²) in [7, 11) is 0. The summed E-state index contributed by atoms with van der Waals surface area (Å²) in [5, 5.41) is 0.229. The Balaban J connectivity index is 1.72. The monoisotopic (exact) mass is 281 g/mol. The smallest absolute Gasteiger partial charge is 0.225 e. The van der Waals surface area contributed by atoms with Crippen molar-refractivity contribution in [1.82, 2.24) is 4.90 Å².